The number of aryl methyl sites for hydroxylation is 1. The molecular formula is C13H17N3O. The van der Waals surface area contributed by atoms with Crippen molar-refractivity contribution in [3.8, 4) is 0 Å². The molecule has 2 aromatic rings. The number of Topliss-reactive ketones (excluding diaryl/α,β-unsaturated/α-hetero) is 1. The summed E-state index contributed by atoms with van der Waals surface area (Å²) in [7, 11) is 0. The van der Waals surface area contributed by atoms with E-state index in [1.54, 1.807) is 4.68 Å². The summed E-state index contributed by atoms with van der Waals surface area (Å²) in [5.41, 5.74) is 1.57. The van der Waals surface area contributed by atoms with Gasteiger partial charge in [-0.05, 0) is 12.1 Å². The van der Waals surface area contributed by atoms with Crippen LogP contribution in [0.15, 0.2) is 24.3 Å². The molecule has 17 heavy (non-hydrogen) atoms. The molecule has 4 heteroatoms. The summed E-state index contributed by atoms with van der Waals surface area (Å²) in [4.78, 5) is 11.8. The monoisotopic (exact) mass is 231 g/mol. The van der Waals surface area contributed by atoms with Crippen LogP contribution < -0.4 is 0 Å². The molecule has 1 aromatic carbocycles. The van der Waals surface area contributed by atoms with E-state index in [1.807, 2.05) is 45.0 Å². The third kappa shape index (κ3) is 2.52. The van der Waals surface area contributed by atoms with E-state index in [4.69, 9.17) is 0 Å². The second-order valence-corrected chi connectivity index (χ2v) is 5.22. The number of carbonyl (C=O) groups is 1. The standard InChI is InChI=1S/C13H17N3O/c1-13(2,3)12(17)8-9-16-11-7-5-4-6-10(11)14-15-16/h4-7H,8-9H2,1-3H3. The van der Waals surface area contributed by atoms with Gasteiger partial charge in [0.2, 0.25) is 0 Å². The van der Waals surface area contributed by atoms with E-state index in [1.165, 1.54) is 0 Å². The van der Waals surface area contributed by atoms with Crippen LogP contribution in [0.5, 0.6) is 0 Å². The fraction of sp³-hybridized carbons (Fsp3) is 0.462. The lowest BCUT2D eigenvalue weighted by molar-refractivity contribution is -0.126. The van der Waals surface area contributed by atoms with Gasteiger partial charge in [0.15, 0.2) is 0 Å². The summed E-state index contributed by atoms with van der Waals surface area (Å²) in [5.74, 6) is 0.247. The molecule has 0 atom stereocenters. The second-order valence-electron chi connectivity index (χ2n) is 5.22. The molecule has 1 aromatic heterocycles. The number of aromatic nitrogens is 3. The summed E-state index contributed by atoms with van der Waals surface area (Å²) in [5, 5.41) is 8.12. The van der Waals surface area contributed by atoms with Crippen LogP contribution in [-0.2, 0) is 11.3 Å². The molecule has 1 heterocycles. The number of nitrogens with zero attached hydrogens (tertiary/aromatic N) is 3. The molecule has 0 saturated heterocycles. The van der Waals surface area contributed by atoms with Gasteiger partial charge in [-0.2, -0.15) is 0 Å². The molecule has 0 bridgehead atoms. The van der Waals surface area contributed by atoms with Crippen molar-refractivity contribution in [2.45, 2.75) is 33.7 Å². The van der Waals surface area contributed by atoms with E-state index >= 15 is 0 Å². The summed E-state index contributed by atoms with van der Waals surface area (Å²) in [6.07, 6.45) is 0.497. The molecule has 0 unspecified atom stereocenters. The number of para-hydroxylation sites is 1. The quantitative estimate of drug-likeness (QED) is 0.815. The Labute approximate surface area is 101 Å². The van der Waals surface area contributed by atoms with Crippen LogP contribution in [0.2, 0.25) is 0 Å². The number of rotatable bonds is 3. The number of ketones is 1. The molecule has 4 nitrogen and oxygen atoms in total. The van der Waals surface area contributed by atoms with E-state index < -0.39 is 0 Å². The predicted molar refractivity (Wildman–Crippen MR) is 66.6 cm³/mol. The Hall–Kier alpha value is -1.71. The van der Waals surface area contributed by atoms with Crippen molar-refractivity contribution < 1.29 is 4.79 Å². The van der Waals surface area contributed by atoms with Crippen molar-refractivity contribution >= 4 is 16.8 Å². The molecule has 0 amide bonds. The highest BCUT2D eigenvalue weighted by atomic mass is 16.1. The molecule has 2 rings (SSSR count). The van der Waals surface area contributed by atoms with E-state index in [0.717, 1.165) is 11.0 Å². The predicted octanol–water partition coefficient (Wildman–Crippen LogP) is 2.44. The lowest BCUT2D eigenvalue weighted by atomic mass is 9.89. The maximum Gasteiger partial charge on any atom is 0.140 e. The third-order valence-electron chi connectivity index (χ3n) is 2.81. The minimum absolute atomic E-state index is 0.247. The van der Waals surface area contributed by atoms with Gasteiger partial charge in [-0.15, -0.1) is 5.10 Å². The van der Waals surface area contributed by atoms with Crippen LogP contribution in [0, 0.1) is 5.41 Å². The maximum absolute atomic E-state index is 11.8. The topological polar surface area (TPSA) is 47.8 Å². The van der Waals surface area contributed by atoms with Crippen molar-refractivity contribution in [3.05, 3.63) is 24.3 Å². The average molecular weight is 231 g/mol. The Morgan fingerprint density at radius 1 is 1.29 bits per heavy atom. The fourth-order valence-corrected chi connectivity index (χ4v) is 1.66. The van der Waals surface area contributed by atoms with Crippen molar-refractivity contribution in [2.24, 2.45) is 5.41 Å². The Balaban J connectivity index is 2.12. The zero-order valence-electron chi connectivity index (χ0n) is 10.5. The van der Waals surface area contributed by atoms with Crippen molar-refractivity contribution in [1.29, 1.82) is 0 Å². The summed E-state index contributed by atoms with van der Waals surface area (Å²) in [6, 6.07) is 7.77. The first-order valence-electron chi connectivity index (χ1n) is 5.80. The number of hydrogen-bond acceptors (Lipinski definition) is 3. The minimum Gasteiger partial charge on any atom is -0.299 e. The average Bonchev–Trinajstić information content (AvgIpc) is 2.68. The van der Waals surface area contributed by atoms with Gasteiger partial charge in [-0.1, -0.05) is 38.1 Å². The lowest BCUT2D eigenvalue weighted by Crippen LogP contribution is -2.21. The summed E-state index contributed by atoms with van der Waals surface area (Å²) in [6.45, 7) is 6.41. The van der Waals surface area contributed by atoms with Crippen LogP contribution in [0.25, 0.3) is 11.0 Å². The third-order valence-corrected chi connectivity index (χ3v) is 2.81. The smallest absolute Gasteiger partial charge is 0.140 e. The van der Waals surface area contributed by atoms with Gasteiger partial charge in [-0.25, -0.2) is 4.68 Å². The summed E-state index contributed by atoms with van der Waals surface area (Å²) < 4.78 is 1.79. The molecule has 0 radical (unpaired) electrons. The first-order valence-corrected chi connectivity index (χ1v) is 5.80. The maximum atomic E-state index is 11.8. The zero-order valence-corrected chi connectivity index (χ0v) is 10.5. The SMILES string of the molecule is CC(C)(C)C(=O)CCn1nnc2ccccc21. The number of benzene rings is 1. The molecule has 0 spiro atoms. The molecular weight excluding hydrogens is 214 g/mol. The Morgan fingerprint density at radius 3 is 2.71 bits per heavy atom. The molecule has 90 valence electrons. The van der Waals surface area contributed by atoms with Crippen molar-refractivity contribution in [2.75, 3.05) is 0 Å². The van der Waals surface area contributed by atoms with E-state index in [0.29, 0.717) is 13.0 Å². The van der Waals surface area contributed by atoms with E-state index in [2.05, 4.69) is 10.3 Å². The molecule has 0 saturated carbocycles. The van der Waals surface area contributed by atoms with Crippen LogP contribution >= 0.6 is 0 Å². The van der Waals surface area contributed by atoms with Crippen LogP contribution in [-0.4, -0.2) is 20.8 Å². The molecule has 0 N–H and O–H groups in total. The van der Waals surface area contributed by atoms with Gasteiger partial charge in [0.05, 0.1) is 12.1 Å². The van der Waals surface area contributed by atoms with Gasteiger partial charge in [-0.3, -0.25) is 4.79 Å². The molecule has 0 aliphatic rings. The van der Waals surface area contributed by atoms with E-state index in [9.17, 15) is 4.79 Å². The number of fused-ring (bicyclic) bond motifs is 1. The highest BCUT2D eigenvalue weighted by molar-refractivity contribution is 5.83. The Bertz CT molecular complexity index is 537. The second kappa shape index (κ2) is 4.28. The van der Waals surface area contributed by atoms with Crippen LogP contribution in [0.4, 0.5) is 0 Å². The molecule has 0 aliphatic carbocycles. The highest BCUT2D eigenvalue weighted by Crippen LogP contribution is 2.18. The number of carbonyl (C=O) groups excluding carboxylic acids is 1. The molecule has 0 fully saturated rings. The Kier molecular flexibility index (Phi) is 2.96. The first kappa shape index (κ1) is 11.8. The highest BCUT2D eigenvalue weighted by Gasteiger charge is 2.20. The number of hydrogen-bond donors (Lipinski definition) is 0. The lowest BCUT2D eigenvalue weighted by Gasteiger charge is -2.16. The minimum atomic E-state index is -0.281. The summed E-state index contributed by atoms with van der Waals surface area (Å²) >= 11 is 0. The van der Waals surface area contributed by atoms with Gasteiger partial charge in [0.1, 0.15) is 11.3 Å². The molecule has 0 aliphatic heterocycles. The van der Waals surface area contributed by atoms with Crippen LogP contribution in [0.1, 0.15) is 27.2 Å². The van der Waals surface area contributed by atoms with Crippen molar-refractivity contribution in [1.82, 2.24) is 15.0 Å². The van der Waals surface area contributed by atoms with Gasteiger partial charge in [0, 0.05) is 11.8 Å². The van der Waals surface area contributed by atoms with E-state index in [-0.39, 0.29) is 11.2 Å². The Morgan fingerprint density at radius 2 is 2.00 bits per heavy atom. The first-order chi connectivity index (χ1) is 7.98. The van der Waals surface area contributed by atoms with Crippen molar-refractivity contribution in [3.63, 3.8) is 0 Å². The van der Waals surface area contributed by atoms with Crippen LogP contribution in [0.3, 0.4) is 0 Å². The zero-order chi connectivity index (χ0) is 12.5. The van der Waals surface area contributed by atoms with Gasteiger partial charge >= 0.3 is 0 Å². The van der Waals surface area contributed by atoms with Gasteiger partial charge < -0.3 is 0 Å². The van der Waals surface area contributed by atoms with Gasteiger partial charge in [0.25, 0.3) is 0 Å². The fourth-order valence-electron chi connectivity index (χ4n) is 1.66. The normalized spacial score (nSPS) is 11.9. The largest absolute Gasteiger partial charge is 0.299 e.